The number of carbonyl (C=O) groups is 1. The van der Waals surface area contributed by atoms with Gasteiger partial charge in [0, 0.05) is 21.1 Å². The Balaban J connectivity index is 1.61. The first kappa shape index (κ1) is 18.8. The number of carbonyl (C=O) groups excluding carboxylic acids is 1. The van der Waals surface area contributed by atoms with E-state index in [2.05, 4.69) is 36.4 Å². The lowest BCUT2D eigenvalue weighted by molar-refractivity contribution is -0.113. The van der Waals surface area contributed by atoms with E-state index >= 15 is 0 Å². The first-order valence-electron chi connectivity index (χ1n) is 7.18. The van der Waals surface area contributed by atoms with Crippen LogP contribution < -0.4 is 5.32 Å². The van der Waals surface area contributed by atoms with Crippen molar-refractivity contribution < 1.29 is 13.6 Å². The van der Waals surface area contributed by atoms with Crippen LogP contribution in [0.5, 0.6) is 0 Å². The van der Waals surface area contributed by atoms with E-state index < -0.39 is 17.5 Å². The smallest absolute Gasteiger partial charge is 0.234 e. The molecule has 1 aromatic heterocycles. The predicted molar refractivity (Wildman–Crippen MR) is 100 cm³/mol. The van der Waals surface area contributed by atoms with Gasteiger partial charge in [-0.15, -0.1) is 5.10 Å². The molecule has 0 aliphatic carbocycles. The molecular formula is C16H10BrClF2N4OS. The third-order valence-corrected chi connectivity index (χ3v) is 4.91. The van der Waals surface area contributed by atoms with Gasteiger partial charge in [-0.2, -0.15) is 0 Å². The summed E-state index contributed by atoms with van der Waals surface area (Å²) in [5, 5.41) is 10.2. The number of hydrogen-bond donors (Lipinski definition) is 2. The van der Waals surface area contributed by atoms with Crippen molar-refractivity contribution in [3.8, 4) is 11.4 Å². The lowest BCUT2D eigenvalue weighted by Gasteiger charge is -2.08. The zero-order chi connectivity index (χ0) is 18.7. The van der Waals surface area contributed by atoms with Crippen LogP contribution in [0.1, 0.15) is 0 Å². The number of thioether (sulfide) groups is 1. The summed E-state index contributed by atoms with van der Waals surface area (Å²) >= 11 is 9.93. The van der Waals surface area contributed by atoms with Gasteiger partial charge in [0.1, 0.15) is 5.82 Å². The number of rotatable bonds is 5. The Morgan fingerprint density at radius 2 is 2.00 bits per heavy atom. The molecule has 0 spiro atoms. The molecule has 134 valence electrons. The topological polar surface area (TPSA) is 70.7 Å². The van der Waals surface area contributed by atoms with Crippen LogP contribution in [0, 0.1) is 11.6 Å². The number of nitrogens with zero attached hydrogens (tertiary/aromatic N) is 2. The van der Waals surface area contributed by atoms with Gasteiger partial charge in [0.25, 0.3) is 0 Å². The highest BCUT2D eigenvalue weighted by atomic mass is 79.9. The number of aromatic amines is 1. The Morgan fingerprint density at radius 1 is 1.27 bits per heavy atom. The fourth-order valence-electron chi connectivity index (χ4n) is 2.02. The van der Waals surface area contributed by atoms with Crippen molar-refractivity contribution in [2.45, 2.75) is 5.16 Å². The summed E-state index contributed by atoms with van der Waals surface area (Å²) < 4.78 is 26.9. The predicted octanol–water partition coefficient (Wildman–Crippen LogP) is 4.90. The van der Waals surface area contributed by atoms with Gasteiger partial charge in [0.05, 0.1) is 11.4 Å². The number of halogens is 4. The quantitative estimate of drug-likeness (QED) is 0.533. The summed E-state index contributed by atoms with van der Waals surface area (Å²) in [5.74, 6) is -1.58. The molecule has 0 saturated carbocycles. The molecule has 0 bridgehead atoms. The minimum atomic E-state index is -0.863. The number of hydrogen-bond acceptors (Lipinski definition) is 4. The van der Waals surface area contributed by atoms with Crippen LogP contribution in [0.25, 0.3) is 11.4 Å². The minimum Gasteiger partial charge on any atom is -0.322 e. The molecule has 1 amide bonds. The average molecular weight is 460 g/mol. The van der Waals surface area contributed by atoms with Gasteiger partial charge in [-0.1, -0.05) is 23.4 Å². The molecule has 26 heavy (non-hydrogen) atoms. The molecule has 3 aromatic rings. The van der Waals surface area contributed by atoms with Gasteiger partial charge in [-0.3, -0.25) is 9.89 Å². The summed E-state index contributed by atoms with van der Waals surface area (Å²) in [5.41, 5.74) is 0.685. The van der Waals surface area contributed by atoms with E-state index in [-0.39, 0.29) is 15.9 Å². The molecule has 1 heterocycles. The maximum atomic E-state index is 13.7. The van der Waals surface area contributed by atoms with Crippen LogP contribution in [-0.2, 0) is 4.79 Å². The first-order valence-corrected chi connectivity index (χ1v) is 9.33. The number of H-pyrrole nitrogens is 1. The van der Waals surface area contributed by atoms with Crippen molar-refractivity contribution in [2.24, 2.45) is 0 Å². The molecule has 0 aliphatic rings. The lowest BCUT2D eigenvalue weighted by atomic mass is 10.2. The van der Waals surface area contributed by atoms with Crippen LogP contribution in [0.4, 0.5) is 14.5 Å². The molecule has 2 aromatic carbocycles. The molecule has 0 saturated heterocycles. The van der Waals surface area contributed by atoms with Crippen molar-refractivity contribution in [3.05, 3.63) is 57.5 Å². The number of aromatic nitrogens is 3. The lowest BCUT2D eigenvalue weighted by Crippen LogP contribution is -2.15. The molecule has 0 atom stereocenters. The maximum absolute atomic E-state index is 13.7. The van der Waals surface area contributed by atoms with E-state index in [1.807, 2.05) is 0 Å². The van der Waals surface area contributed by atoms with Gasteiger partial charge in [-0.05, 0) is 46.3 Å². The fraction of sp³-hybridized carbons (Fsp3) is 0.0625. The molecule has 0 fully saturated rings. The molecule has 0 radical (unpaired) electrons. The standard InChI is InChI=1S/C16H10BrClF2N4OS/c17-11-5-10(19)6-12(20)14(11)21-13(25)7-26-16-22-15(23-24-16)8-1-3-9(18)4-2-8/h1-6H,7H2,(H,21,25)(H,22,23,24). The van der Waals surface area contributed by atoms with Gasteiger partial charge >= 0.3 is 0 Å². The molecule has 10 heteroatoms. The monoisotopic (exact) mass is 458 g/mol. The second kappa shape index (κ2) is 8.15. The number of benzene rings is 2. The third kappa shape index (κ3) is 4.60. The molecule has 0 aliphatic heterocycles. The highest BCUT2D eigenvalue weighted by Gasteiger charge is 2.14. The average Bonchev–Trinajstić information content (AvgIpc) is 3.06. The highest BCUT2D eigenvalue weighted by Crippen LogP contribution is 2.27. The van der Waals surface area contributed by atoms with Gasteiger partial charge in [-0.25, -0.2) is 13.8 Å². The van der Waals surface area contributed by atoms with E-state index in [9.17, 15) is 13.6 Å². The molecule has 0 unspecified atom stereocenters. The van der Waals surface area contributed by atoms with Gasteiger partial charge in [0.2, 0.25) is 11.1 Å². The Bertz CT molecular complexity index is 929. The van der Waals surface area contributed by atoms with Crippen molar-refractivity contribution in [1.29, 1.82) is 0 Å². The van der Waals surface area contributed by atoms with E-state index in [1.165, 1.54) is 0 Å². The van der Waals surface area contributed by atoms with Gasteiger partial charge in [0.15, 0.2) is 11.6 Å². The largest absolute Gasteiger partial charge is 0.322 e. The summed E-state index contributed by atoms with van der Waals surface area (Å²) in [4.78, 5) is 16.3. The van der Waals surface area contributed by atoms with Crippen molar-refractivity contribution in [2.75, 3.05) is 11.1 Å². The second-order valence-electron chi connectivity index (χ2n) is 5.05. The van der Waals surface area contributed by atoms with E-state index in [0.717, 1.165) is 23.4 Å². The summed E-state index contributed by atoms with van der Waals surface area (Å²) in [6.45, 7) is 0. The van der Waals surface area contributed by atoms with Crippen molar-refractivity contribution in [3.63, 3.8) is 0 Å². The SMILES string of the molecule is O=C(CSc1n[nH]c(-c2ccc(Cl)cc2)n1)Nc1c(F)cc(F)cc1Br. The first-order chi connectivity index (χ1) is 12.4. The van der Waals surface area contributed by atoms with Crippen LogP contribution in [0.2, 0.25) is 5.02 Å². The molecule has 3 rings (SSSR count). The zero-order valence-corrected chi connectivity index (χ0v) is 16.1. The van der Waals surface area contributed by atoms with Crippen molar-refractivity contribution in [1.82, 2.24) is 15.2 Å². The summed E-state index contributed by atoms with van der Waals surface area (Å²) in [6.07, 6.45) is 0. The number of nitrogens with one attached hydrogen (secondary N) is 2. The molecular weight excluding hydrogens is 450 g/mol. The molecule has 2 N–H and O–H groups in total. The number of amides is 1. The second-order valence-corrected chi connectivity index (χ2v) is 7.29. The van der Waals surface area contributed by atoms with Crippen LogP contribution in [0.15, 0.2) is 46.0 Å². The highest BCUT2D eigenvalue weighted by molar-refractivity contribution is 9.10. The van der Waals surface area contributed by atoms with Gasteiger partial charge < -0.3 is 5.32 Å². The number of anilines is 1. The Labute approximate surface area is 164 Å². The van der Waals surface area contributed by atoms with Crippen molar-refractivity contribution >= 4 is 50.9 Å². The zero-order valence-electron chi connectivity index (χ0n) is 12.9. The fourth-order valence-corrected chi connectivity index (χ4v) is 3.25. The Morgan fingerprint density at radius 3 is 2.69 bits per heavy atom. The Kier molecular flexibility index (Phi) is 5.90. The minimum absolute atomic E-state index is 0.0405. The maximum Gasteiger partial charge on any atom is 0.234 e. The van der Waals surface area contributed by atoms with Crippen LogP contribution in [0.3, 0.4) is 0 Å². The van der Waals surface area contributed by atoms with Crippen LogP contribution >= 0.6 is 39.3 Å². The van der Waals surface area contributed by atoms with E-state index in [4.69, 9.17) is 11.6 Å². The van der Waals surface area contributed by atoms with Crippen LogP contribution in [-0.4, -0.2) is 26.8 Å². The van der Waals surface area contributed by atoms with E-state index in [1.54, 1.807) is 24.3 Å². The summed E-state index contributed by atoms with van der Waals surface area (Å²) in [7, 11) is 0. The third-order valence-electron chi connectivity index (χ3n) is 3.19. The normalized spacial score (nSPS) is 10.8. The molecule has 5 nitrogen and oxygen atoms in total. The Hall–Kier alpha value is -1.97. The summed E-state index contributed by atoms with van der Waals surface area (Å²) in [6, 6.07) is 8.81. The van der Waals surface area contributed by atoms with E-state index in [0.29, 0.717) is 22.1 Å².